The summed E-state index contributed by atoms with van der Waals surface area (Å²) < 4.78 is 5.43. The molecule has 0 saturated carbocycles. The van der Waals surface area contributed by atoms with Gasteiger partial charge in [-0.25, -0.2) is 0 Å². The van der Waals surface area contributed by atoms with Gasteiger partial charge in [-0.05, 0) is 30.5 Å². The summed E-state index contributed by atoms with van der Waals surface area (Å²) >= 11 is 0. The molecule has 1 aliphatic heterocycles. The highest BCUT2D eigenvalue weighted by Crippen LogP contribution is 2.32. The van der Waals surface area contributed by atoms with Crippen molar-refractivity contribution < 1.29 is 14.9 Å². The number of phenols is 2. The Morgan fingerprint density at radius 3 is 2.38 bits per heavy atom. The van der Waals surface area contributed by atoms with Gasteiger partial charge in [-0.3, -0.25) is 0 Å². The molecule has 1 saturated heterocycles. The first-order valence-corrected chi connectivity index (χ1v) is 4.40. The summed E-state index contributed by atoms with van der Waals surface area (Å²) in [5.41, 5.74) is 0.856. The minimum absolute atomic E-state index is 0.0398. The predicted molar refractivity (Wildman–Crippen MR) is 47.7 cm³/mol. The molecule has 3 heteroatoms. The van der Waals surface area contributed by atoms with E-state index in [1.807, 2.05) is 0 Å². The second-order valence-electron chi connectivity index (χ2n) is 3.28. The zero-order valence-corrected chi connectivity index (χ0v) is 7.23. The largest absolute Gasteiger partial charge is 0.508 e. The van der Waals surface area contributed by atoms with Crippen molar-refractivity contribution >= 4 is 0 Å². The van der Waals surface area contributed by atoms with Crippen LogP contribution in [0.1, 0.15) is 24.5 Å². The van der Waals surface area contributed by atoms with Crippen LogP contribution >= 0.6 is 0 Å². The molecule has 70 valence electrons. The fourth-order valence-electron chi connectivity index (χ4n) is 1.64. The first-order chi connectivity index (χ1) is 6.25. The van der Waals surface area contributed by atoms with Gasteiger partial charge in [0.05, 0.1) is 6.10 Å². The zero-order valence-electron chi connectivity index (χ0n) is 7.23. The van der Waals surface area contributed by atoms with Crippen molar-refractivity contribution in [2.75, 3.05) is 6.61 Å². The summed E-state index contributed by atoms with van der Waals surface area (Å²) in [5.74, 6) is 0.177. The summed E-state index contributed by atoms with van der Waals surface area (Å²) in [6.45, 7) is 0.765. The smallest absolute Gasteiger partial charge is 0.119 e. The van der Waals surface area contributed by atoms with Crippen LogP contribution in [0.3, 0.4) is 0 Å². The molecule has 0 aliphatic carbocycles. The fourth-order valence-corrected chi connectivity index (χ4v) is 1.64. The molecule has 0 spiro atoms. The van der Waals surface area contributed by atoms with Gasteiger partial charge in [0.2, 0.25) is 0 Å². The minimum Gasteiger partial charge on any atom is -0.508 e. The van der Waals surface area contributed by atoms with E-state index in [2.05, 4.69) is 0 Å². The van der Waals surface area contributed by atoms with E-state index in [-0.39, 0.29) is 17.6 Å². The van der Waals surface area contributed by atoms with Crippen molar-refractivity contribution in [3.63, 3.8) is 0 Å². The standard InChI is InChI=1S/C10H12O3/c11-8-4-7(5-9(12)6-8)10-2-1-3-13-10/h4-6,10-12H,1-3H2. The molecule has 1 heterocycles. The molecule has 0 aromatic heterocycles. The van der Waals surface area contributed by atoms with Crippen LogP contribution < -0.4 is 0 Å². The maximum Gasteiger partial charge on any atom is 0.119 e. The van der Waals surface area contributed by atoms with Gasteiger partial charge in [0.15, 0.2) is 0 Å². The highest BCUT2D eigenvalue weighted by atomic mass is 16.5. The van der Waals surface area contributed by atoms with Crippen molar-refractivity contribution in [3.05, 3.63) is 23.8 Å². The van der Waals surface area contributed by atoms with Gasteiger partial charge in [-0.15, -0.1) is 0 Å². The molecule has 1 aromatic carbocycles. The van der Waals surface area contributed by atoms with Crippen LogP contribution in [0.2, 0.25) is 0 Å². The van der Waals surface area contributed by atoms with Gasteiger partial charge < -0.3 is 14.9 Å². The number of benzene rings is 1. The second kappa shape index (κ2) is 3.26. The molecule has 1 unspecified atom stereocenters. The average Bonchev–Trinajstić information content (AvgIpc) is 2.53. The number of phenolic OH excluding ortho intramolecular Hbond substituents is 2. The Hall–Kier alpha value is -1.22. The first-order valence-electron chi connectivity index (χ1n) is 4.40. The Labute approximate surface area is 76.6 Å². The molecule has 1 atom stereocenters. The van der Waals surface area contributed by atoms with Gasteiger partial charge >= 0.3 is 0 Å². The summed E-state index contributed by atoms with van der Waals surface area (Å²) in [4.78, 5) is 0. The van der Waals surface area contributed by atoms with Crippen LogP contribution in [0.5, 0.6) is 11.5 Å². The van der Waals surface area contributed by atoms with E-state index >= 15 is 0 Å². The summed E-state index contributed by atoms with van der Waals surface area (Å²) in [6, 6.07) is 4.59. The third kappa shape index (κ3) is 1.75. The van der Waals surface area contributed by atoms with Gasteiger partial charge in [-0.2, -0.15) is 0 Å². The molecule has 1 aromatic rings. The summed E-state index contributed by atoms with van der Waals surface area (Å²) in [6.07, 6.45) is 2.04. The van der Waals surface area contributed by atoms with E-state index in [0.717, 1.165) is 25.0 Å². The molecular weight excluding hydrogens is 168 g/mol. The molecule has 1 aliphatic rings. The van der Waals surface area contributed by atoms with Crippen molar-refractivity contribution in [3.8, 4) is 11.5 Å². The maximum absolute atomic E-state index is 9.24. The first kappa shape index (κ1) is 8.38. The monoisotopic (exact) mass is 180 g/mol. The van der Waals surface area contributed by atoms with Crippen molar-refractivity contribution in [2.45, 2.75) is 18.9 Å². The third-order valence-corrected chi connectivity index (χ3v) is 2.23. The molecule has 2 N–H and O–H groups in total. The minimum atomic E-state index is 0.0398. The number of hydrogen-bond acceptors (Lipinski definition) is 3. The van der Waals surface area contributed by atoms with E-state index in [1.54, 1.807) is 12.1 Å². The highest BCUT2D eigenvalue weighted by Gasteiger charge is 2.18. The lowest BCUT2D eigenvalue weighted by Crippen LogP contribution is -1.94. The lowest BCUT2D eigenvalue weighted by atomic mass is 10.1. The third-order valence-electron chi connectivity index (χ3n) is 2.23. The molecular formula is C10H12O3. The fraction of sp³-hybridized carbons (Fsp3) is 0.400. The van der Waals surface area contributed by atoms with Gasteiger partial charge in [-0.1, -0.05) is 0 Å². The Morgan fingerprint density at radius 1 is 1.15 bits per heavy atom. The number of aromatic hydroxyl groups is 2. The molecule has 0 radical (unpaired) electrons. The van der Waals surface area contributed by atoms with Crippen molar-refractivity contribution in [1.29, 1.82) is 0 Å². The molecule has 2 rings (SSSR count). The SMILES string of the molecule is Oc1cc(O)cc(C2CCCO2)c1. The Balaban J connectivity index is 2.28. The quantitative estimate of drug-likeness (QED) is 0.694. The molecule has 1 fully saturated rings. The van der Waals surface area contributed by atoms with E-state index in [0.29, 0.717) is 0 Å². The van der Waals surface area contributed by atoms with E-state index in [4.69, 9.17) is 4.74 Å². The Bertz CT molecular complexity index is 283. The van der Waals surface area contributed by atoms with E-state index < -0.39 is 0 Å². The Morgan fingerprint density at radius 2 is 1.85 bits per heavy atom. The van der Waals surface area contributed by atoms with Gasteiger partial charge in [0.1, 0.15) is 11.5 Å². The number of rotatable bonds is 1. The van der Waals surface area contributed by atoms with Crippen LogP contribution in [0, 0.1) is 0 Å². The Kier molecular flexibility index (Phi) is 2.10. The average molecular weight is 180 g/mol. The van der Waals surface area contributed by atoms with Crippen LogP contribution in [-0.2, 0) is 4.74 Å². The lowest BCUT2D eigenvalue weighted by molar-refractivity contribution is 0.111. The molecule has 0 amide bonds. The summed E-state index contributed by atoms with van der Waals surface area (Å²) in [7, 11) is 0. The van der Waals surface area contributed by atoms with Crippen LogP contribution in [0.15, 0.2) is 18.2 Å². The number of ether oxygens (including phenoxy) is 1. The van der Waals surface area contributed by atoms with Crippen molar-refractivity contribution in [1.82, 2.24) is 0 Å². The maximum atomic E-state index is 9.24. The zero-order chi connectivity index (χ0) is 9.26. The van der Waals surface area contributed by atoms with Crippen molar-refractivity contribution in [2.24, 2.45) is 0 Å². The topological polar surface area (TPSA) is 49.7 Å². The van der Waals surface area contributed by atoms with Gasteiger partial charge in [0.25, 0.3) is 0 Å². The molecule has 13 heavy (non-hydrogen) atoms. The predicted octanol–water partition coefficient (Wildman–Crippen LogP) is 1.95. The van der Waals surface area contributed by atoms with Crippen LogP contribution in [-0.4, -0.2) is 16.8 Å². The lowest BCUT2D eigenvalue weighted by Gasteiger charge is -2.10. The van der Waals surface area contributed by atoms with Gasteiger partial charge in [0, 0.05) is 12.7 Å². The highest BCUT2D eigenvalue weighted by molar-refractivity contribution is 5.37. The number of hydrogen-bond donors (Lipinski definition) is 2. The van der Waals surface area contributed by atoms with E-state index in [9.17, 15) is 10.2 Å². The van der Waals surface area contributed by atoms with Crippen LogP contribution in [0.25, 0.3) is 0 Å². The molecule has 3 nitrogen and oxygen atoms in total. The second-order valence-corrected chi connectivity index (χ2v) is 3.28. The van der Waals surface area contributed by atoms with Crippen LogP contribution in [0.4, 0.5) is 0 Å². The normalized spacial score (nSPS) is 22.0. The molecule has 0 bridgehead atoms. The summed E-state index contributed by atoms with van der Waals surface area (Å²) in [5, 5.41) is 18.5. The van der Waals surface area contributed by atoms with E-state index in [1.165, 1.54) is 6.07 Å².